The number of aromatic nitrogens is 2. The van der Waals surface area contributed by atoms with Gasteiger partial charge in [-0.1, -0.05) is 92.7 Å². The van der Waals surface area contributed by atoms with Crippen LogP contribution in [0.25, 0.3) is 21.8 Å². The average molecular weight is 1410 g/mol. The van der Waals surface area contributed by atoms with Crippen molar-refractivity contribution in [2.24, 2.45) is 28.1 Å². The summed E-state index contributed by atoms with van der Waals surface area (Å²) in [5.41, 5.74) is 25.4. The Bertz CT molecular complexity index is 3900. The molecule has 0 radical (unpaired) electrons. The van der Waals surface area contributed by atoms with Crippen LogP contribution in [0.15, 0.2) is 121 Å². The molecule has 0 aliphatic rings. The number of guanidine groups is 1. The highest BCUT2D eigenvalue weighted by molar-refractivity contribution is 5.99. The minimum absolute atomic E-state index is 0.0123. The van der Waals surface area contributed by atoms with Crippen LogP contribution in [0.1, 0.15) is 75.6 Å². The Morgan fingerprint density at radius 1 is 0.535 bits per heavy atom. The van der Waals surface area contributed by atoms with Gasteiger partial charge in [-0.05, 0) is 78.6 Å². The number of aliphatic hydroxyl groups is 1. The van der Waals surface area contributed by atoms with Gasteiger partial charge in [0, 0.05) is 80.4 Å². The molecule has 2 aromatic heterocycles. The zero-order chi connectivity index (χ0) is 74.7. The Morgan fingerprint density at radius 3 is 1.50 bits per heavy atom. The van der Waals surface area contributed by atoms with E-state index in [1.54, 1.807) is 93.0 Å². The van der Waals surface area contributed by atoms with E-state index in [9.17, 15) is 76.1 Å². The van der Waals surface area contributed by atoms with Crippen molar-refractivity contribution < 1.29 is 86.0 Å². The number of rotatable bonds is 33. The van der Waals surface area contributed by atoms with Crippen molar-refractivity contribution in [2.75, 3.05) is 13.6 Å². The molecule has 0 aliphatic carbocycles. The standard InChI is InChI=1S/C64H83N17O13.C2HF3O2/c1-34(2)26-48(57(88)73-46(20-13-25-69-63(67)68-5)56(87)74-47(55(66)86)29-39-32-70-44-18-11-9-16-42(39)44)78-64(94)81-80-61(92)50(27-37-14-7-6-8-15-37)77-62(93)54(35(3)82)79-60(91)52(31-53(65)85)76-59(90)51(30-40-33-71-45-19-12-10-17-43(40)45)75-58(89)49(72-36(4)83)28-38-21-23-41(84)24-22-38;3-2(4,5)1(6)7/h6-12,14-19,21-24,32-35,46-52,54,70-71,82,84H,13,20,25-31H2,1-5H3,(H2,65,85)(H2,66,86)(H,72,83)(H,73,88)(H,74,87)(H,75,89)(H,76,90)(H,77,93)(H,79,91)(H,80,92)(H3,67,68,69)(H2,78,81,94);(H,6,7)/t35-,46+,47+,48+,49-,50+,51-,52+,54+;/m1./s1. The molecule has 6 aromatic rings. The number of H-pyrrole nitrogens is 2. The van der Waals surface area contributed by atoms with E-state index in [0.29, 0.717) is 33.2 Å². The maximum Gasteiger partial charge on any atom is 0.490 e. The number of primary amides is 2. The summed E-state index contributed by atoms with van der Waals surface area (Å²) in [6.45, 7) is 6.11. The van der Waals surface area contributed by atoms with E-state index in [2.05, 4.69) is 73.7 Å². The second-order valence-corrected chi connectivity index (χ2v) is 23.8. The summed E-state index contributed by atoms with van der Waals surface area (Å²) < 4.78 is 31.7. The number of carboxylic acid groups (broad SMARTS) is 1. The number of alkyl halides is 3. The Balaban J connectivity index is 0.00000249. The van der Waals surface area contributed by atoms with E-state index in [1.165, 1.54) is 26.1 Å². The number of aromatic hydroxyl groups is 1. The highest BCUT2D eigenvalue weighted by Gasteiger charge is 2.39. The van der Waals surface area contributed by atoms with E-state index in [0.717, 1.165) is 17.8 Å². The molecule has 0 bridgehead atoms. The summed E-state index contributed by atoms with van der Waals surface area (Å²) in [6.07, 6.45) is -4.54. The smallest absolute Gasteiger partial charge is 0.490 e. The maximum absolute atomic E-state index is 14.5. The highest BCUT2D eigenvalue weighted by Crippen LogP contribution is 2.22. The molecular weight excluding hydrogens is 1330 g/mol. The van der Waals surface area contributed by atoms with Gasteiger partial charge in [-0.25, -0.2) is 15.0 Å². The zero-order valence-electron chi connectivity index (χ0n) is 55.7. The quantitative estimate of drug-likeness (QED) is 0.0107. The number of aliphatic hydroxyl groups excluding tert-OH is 1. The molecule has 9 atom stereocenters. The molecule has 22 N–H and O–H groups in total. The molecule has 0 fully saturated rings. The molecule has 4 aromatic carbocycles. The summed E-state index contributed by atoms with van der Waals surface area (Å²) in [7, 11) is 1.48. The number of nitrogens with zero attached hydrogens (tertiary/aromatic N) is 1. The van der Waals surface area contributed by atoms with Crippen molar-refractivity contribution in [3.63, 3.8) is 0 Å². The number of carbonyl (C=O) groups excluding carboxylic acids is 11. The third-order valence-corrected chi connectivity index (χ3v) is 15.3. The van der Waals surface area contributed by atoms with Crippen LogP contribution in [-0.4, -0.2) is 177 Å². The minimum atomic E-state index is -5.08. The molecule has 0 spiro atoms. The molecule has 101 heavy (non-hydrogen) atoms. The van der Waals surface area contributed by atoms with Crippen molar-refractivity contribution in [3.8, 4) is 5.75 Å². The van der Waals surface area contributed by atoms with Gasteiger partial charge in [-0.15, -0.1) is 0 Å². The first-order valence-electron chi connectivity index (χ1n) is 31.6. The van der Waals surface area contributed by atoms with E-state index < -0.39 is 138 Å². The monoisotopic (exact) mass is 1410 g/mol. The predicted octanol–water partition coefficient (Wildman–Crippen LogP) is -0.527. The van der Waals surface area contributed by atoms with Crippen molar-refractivity contribution in [1.82, 2.24) is 68.7 Å². The molecule has 0 unspecified atom stereocenters. The van der Waals surface area contributed by atoms with Crippen LogP contribution in [0.2, 0.25) is 0 Å². The third-order valence-electron chi connectivity index (χ3n) is 15.3. The number of amides is 12. The van der Waals surface area contributed by atoms with Crippen molar-refractivity contribution in [2.45, 2.75) is 140 Å². The van der Waals surface area contributed by atoms with E-state index in [4.69, 9.17) is 27.1 Å². The van der Waals surface area contributed by atoms with Gasteiger partial charge in [0.15, 0.2) is 5.96 Å². The van der Waals surface area contributed by atoms with Crippen molar-refractivity contribution >= 4 is 98.8 Å². The molecule has 2 heterocycles. The number of aliphatic carboxylic acids is 1. The number of nitrogens with two attached hydrogens (primary N) is 3. The number of para-hydroxylation sites is 2. The summed E-state index contributed by atoms with van der Waals surface area (Å²) in [5, 5.41) is 52.8. The van der Waals surface area contributed by atoms with E-state index in [1.807, 2.05) is 24.3 Å². The number of nitrogens with one attached hydrogen (secondary N) is 13. The van der Waals surface area contributed by atoms with Crippen LogP contribution in [-0.2, 0) is 78.4 Å². The fourth-order valence-electron chi connectivity index (χ4n) is 10.2. The number of carbonyl (C=O) groups is 12. The topological polar surface area (TPSA) is 520 Å². The Labute approximate surface area is 576 Å². The average Bonchev–Trinajstić information content (AvgIpc) is 1.74. The van der Waals surface area contributed by atoms with Gasteiger partial charge in [0.05, 0.1) is 12.5 Å². The number of fused-ring (bicyclic) bond motifs is 2. The number of aliphatic imine (C=N–C) groups is 1. The van der Waals surface area contributed by atoms with Crippen LogP contribution < -0.4 is 75.9 Å². The number of benzene rings is 4. The predicted molar refractivity (Wildman–Crippen MR) is 361 cm³/mol. The number of halogens is 3. The Hall–Kier alpha value is -11.8. The van der Waals surface area contributed by atoms with Crippen molar-refractivity contribution in [3.05, 3.63) is 138 Å². The number of aromatic amines is 2. The molecular formula is C66H84F3N17O15. The van der Waals surface area contributed by atoms with Gasteiger partial charge in [0.2, 0.25) is 53.2 Å². The number of urea groups is 1. The summed E-state index contributed by atoms with van der Waals surface area (Å²) in [4.78, 5) is 170. The zero-order valence-corrected chi connectivity index (χ0v) is 55.7. The lowest BCUT2D eigenvalue weighted by molar-refractivity contribution is -0.192. The second-order valence-electron chi connectivity index (χ2n) is 23.8. The van der Waals surface area contributed by atoms with Crippen LogP contribution in [0.5, 0.6) is 5.75 Å². The van der Waals surface area contributed by atoms with Crippen LogP contribution in [0.4, 0.5) is 18.0 Å². The van der Waals surface area contributed by atoms with E-state index >= 15 is 0 Å². The highest BCUT2D eigenvalue weighted by atomic mass is 19.4. The van der Waals surface area contributed by atoms with Gasteiger partial charge in [-0.3, -0.25) is 58.4 Å². The van der Waals surface area contributed by atoms with Crippen molar-refractivity contribution in [1.29, 1.82) is 0 Å². The molecule has 0 saturated heterocycles. The van der Waals surface area contributed by atoms with Gasteiger partial charge >= 0.3 is 18.2 Å². The van der Waals surface area contributed by atoms with Crippen LogP contribution in [0, 0.1) is 5.92 Å². The third kappa shape index (κ3) is 26.2. The number of hydrogen-bond acceptors (Lipinski definition) is 15. The Kier molecular flexibility index (Phi) is 30.4. The first-order chi connectivity index (χ1) is 47.7. The lowest BCUT2D eigenvalue weighted by atomic mass is 10.0. The molecule has 12 amide bonds. The second kappa shape index (κ2) is 38.4. The molecule has 544 valence electrons. The number of hydrazine groups is 1. The van der Waals surface area contributed by atoms with Crippen LogP contribution >= 0.6 is 0 Å². The number of carboxylic acids is 1. The first kappa shape index (κ1) is 79.9. The fourth-order valence-corrected chi connectivity index (χ4v) is 10.2. The maximum atomic E-state index is 14.5. The minimum Gasteiger partial charge on any atom is -0.508 e. The fraction of sp³-hybridized carbons (Fsp3) is 0.379. The summed E-state index contributed by atoms with van der Waals surface area (Å²) in [6, 6.07) is 15.6. The number of hydrogen-bond donors (Lipinski definition) is 19. The number of phenolic OH excluding ortho intramolecular Hbond substituents is 1. The largest absolute Gasteiger partial charge is 0.508 e. The normalized spacial score (nSPS) is 14.0. The van der Waals surface area contributed by atoms with E-state index in [-0.39, 0.29) is 69.1 Å². The molecule has 35 heteroatoms. The molecule has 32 nitrogen and oxygen atoms in total. The van der Waals surface area contributed by atoms with Gasteiger partial charge in [-0.2, -0.15) is 13.2 Å². The summed E-state index contributed by atoms with van der Waals surface area (Å²) in [5.74, 6) is -12.2. The molecule has 6 rings (SSSR count). The molecule has 0 aliphatic heterocycles. The SMILES string of the molecule is CN=C(N)NCCC[C@H](NC(=O)[C@H](CC(C)C)NC(=O)NNC(=O)[C@H](Cc1ccccc1)NC(=O)[C@@H](NC(=O)[C@H](CC(N)=O)NC(=O)[C@@H](Cc1c[nH]c2ccccc12)NC(=O)[C@@H](Cc1ccc(O)cc1)NC(C)=O)[C@@H](C)O)C(=O)N[C@@H](Cc1c[nH]c2ccccc12)C(N)=O.O=C(O)C(F)(F)F. The Morgan fingerprint density at radius 2 is 0.990 bits per heavy atom. The van der Waals surface area contributed by atoms with Gasteiger partial charge in [0.25, 0.3) is 5.91 Å². The molecule has 0 saturated carbocycles. The lowest BCUT2D eigenvalue weighted by Crippen LogP contribution is -2.62. The lowest BCUT2D eigenvalue weighted by Gasteiger charge is -2.28. The number of phenols is 1. The first-order valence-corrected chi connectivity index (χ1v) is 31.6. The van der Waals surface area contributed by atoms with Crippen LogP contribution in [0.3, 0.4) is 0 Å². The summed E-state index contributed by atoms with van der Waals surface area (Å²) >= 11 is 0. The van der Waals surface area contributed by atoms with Gasteiger partial charge in [0.1, 0.15) is 54.1 Å². The van der Waals surface area contributed by atoms with Gasteiger partial charge < -0.3 is 90.3 Å².